The number of carbonyl (C=O) groups excluding carboxylic acids is 2. The summed E-state index contributed by atoms with van der Waals surface area (Å²) in [6.45, 7) is 5.65. The van der Waals surface area contributed by atoms with Crippen molar-refractivity contribution in [2.45, 2.75) is 44.9 Å². The molecule has 34 heavy (non-hydrogen) atoms. The highest BCUT2D eigenvalue weighted by Crippen LogP contribution is 2.37. The number of aromatic nitrogens is 2. The van der Waals surface area contributed by atoms with E-state index in [9.17, 15) is 18.0 Å². The fraction of sp³-hybridized carbons (Fsp3) is 0.292. The van der Waals surface area contributed by atoms with E-state index in [0.717, 1.165) is 11.1 Å². The highest BCUT2D eigenvalue weighted by molar-refractivity contribution is 7.92. The van der Waals surface area contributed by atoms with Crippen molar-refractivity contribution in [1.29, 1.82) is 0 Å². The number of amides is 1. The lowest BCUT2D eigenvalue weighted by molar-refractivity contribution is -0.116. The summed E-state index contributed by atoms with van der Waals surface area (Å²) in [7, 11) is -2.63. The largest absolute Gasteiger partial charge is 0.495 e. The number of hydrogen-bond acceptors (Lipinski definition) is 6. The second kappa shape index (κ2) is 8.94. The number of sulfonamides is 1. The van der Waals surface area contributed by atoms with Crippen LogP contribution in [-0.2, 0) is 21.2 Å². The summed E-state index contributed by atoms with van der Waals surface area (Å²) in [5.41, 5.74) is 3.87. The summed E-state index contributed by atoms with van der Waals surface area (Å²) in [6.07, 6.45) is 0.587. The quantitative estimate of drug-likeness (QED) is 0.550. The smallest absolute Gasteiger partial charge is 0.265 e. The number of nitrogens with zero attached hydrogens (tertiary/aromatic N) is 2. The Morgan fingerprint density at radius 2 is 1.79 bits per heavy atom. The first kappa shape index (κ1) is 23.5. The zero-order valence-electron chi connectivity index (χ0n) is 19.4. The molecule has 1 aliphatic rings. The highest BCUT2D eigenvalue weighted by atomic mass is 32.2. The molecule has 0 bridgehead atoms. The van der Waals surface area contributed by atoms with E-state index in [4.69, 9.17) is 4.74 Å². The summed E-state index contributed by atoms with van der Waals surface area (Å²) >= 11 is 0. The lowest BCUT2D eigenvalue weighted by Gasteiger charge is -2.15. The summed E-state index contributed by atoms with van der Waals surface area (Å²) < 4.78 is 36.0. The van der Waals surface area contributed by atoms with Crippen molar-refractivity contribution < 1.29 is 22.7 Å². The predicted octanol–water partition coefficient (Wildman–Crippen LogP) is 3.91. The van der Waals surface area contributed by atoms with Crippen molar-refractivity contribution in [2.24, 2.45) is 0 Å². The van der Waals surface area contributed by atoms with E-state index in [1.54, 1.807) is 24.3 Å². The Kier molecular flexibility index (Phi) is 6.18. The molecule has 178 valence electrons. The summed E-state index contributed by atoms with van der Waals surface area (Å²) in [5.74, 6) is -0.182. The molecule has 0 fully saturated rings. The summed E-state index contributed by atoms with van der Waals surface area (Å²) in [4.78, 5) is 24.7. The van der Waals surface area contributed by atoms with Gasteiger partial charge in [-0.25, -0.2) is 8.42 Å². The predicted molar refractivity (Wildman–Crippen MR) is 129 cm³/mol. The molecule has 2 heterocycles. The van der Waals surface area contributed by atoms with Gasteiger partial charge in [0.15, 0.2) is 0 Å². The van der Waals surface area contributed by atoms with Crippen LogP contribution in [0.3, 0.4) is 0 Å². The van der Waals surface area contributed by atoms with E-state index >= 15 is 0 Å². The number of methoxy groups -OCH3 is 1. The Morgan fingerprint density at radius 3 is 2.44 bits per heavy atom. The van der Waals surface area contributed by atoms with Gasteiger partial charge in [-0.05, 0) is 61.2 Å². The molecule has 1 aromatic heterocycles. The Bertz CT molecular complexity index is 1390. The molecule has 2 aromatic carbocycles. The Labute approximate surface area is 198 Å². The number of ether oxygens (including phenoxy) is 1. The van der Waals surface area contributed by atoms with Crippen LogP contribution in [0.15, 0.2) is 41.3 Å². The van der Waals surface area contributed by atoms with Crippen LogP contribution in [0.5, 0.6) is 5.75 Å². The van der Waals surface area contributed by atoms with Gasteiger partial charge in [-0.3, -0.25) is 14.3 Å². The van der Waals surface area contributed by atoms with Crippen molar-refractivity contribution in [3.63, 3.8) is 0 Å². The molecule has 3 aromatic rings. The number of fused-ring (bicyclic) bond motifs is 1. The van der Waals surface area contributed by atoms with Crippen LogP contribution in [0.1, 0.15) is 41.4 Å². The molecule has 0 radical (unpaired) electrons. The van der Waals surface area contributed by atoms with Gasteiger partial charge in [0.2, 0.25) is 11.8 Å². The Hall–Kier alpha value is -3.66. The normalized spacial score (nSPS) is 13.8. The van der Waals surface area contributed by atoms with Crippen LogP contribution < -0.4 is 14.8 Å². The van der Waals surface area contributed by atoms with Gasteiger partial charge >= 0.3 is 0 Å². The SMILES string of the molecule is CCc1nn2c(c1-c1ccc(OC)c(S(=O)(=O)Nc3cc(C)cc(C)c3)c1)NC(=O)CCC2=O. The topological polar surface area (TPSA) is 119 Å². The number of rotatable bonds is 6. The van der Waals surface area contributed by atoms with Crippen LogP contribution in [0.4, 0.5) is 11.5 Å². The highest BCUT2D eigenvalue weighted by Gasteiger charge is 2.29. The monoisotopic (exact) mass is 482 g/mol. The summed E-state index contributed by atoms with van der Waals surface area (Å²) in [5, 5.41) is 7.16. The number of anilines is 2. The zero-order chi connectivity index (χ0) is 24.6. The van der Waals surface area contributed by atoms with E-state index in [2.05, 4.69) is 15.1 Å². The molecule has 0 saturated carbocycles. The second-order valence-corrected chi connectivity index (χ2v) is 9.88. The minimum absolute atomic E-state index is 0.0468. The van der Waals surface area contributed by atoms with Crippen LogP contribution >= 0.6 is 0 Å². The average molecular weight is 483 g/mol. The lowest BCUT2D eigenvalue weighted by Crippen LogP contribution is -2.15. The molecular formula is C24H26N4O5S. The molecule has 9 nitrogen and oxygen atoms in total. The molecule has 2 N–H and O–H groups in total. The van der Waals surface area contributed by atoms with Crippen molar-refractivity contribution >= 4 is 33.3 Å². The standard InChI is InChI=1S/C24H26N4O5S/c1-5-18-23(24-25-21(29)8-9-22(30)28(24)26-18)16-6-7-19(33-4)20(13-16)34(31,32)27-17-11-14(2)10-15(3)12-17/h6-7,10-13,27H,5,8-9H2,1-4H3,(H,25,29). The average Bonchev–Trinajstić information content (AvgIpc) is 3.07. The third-order valence-corrected chi connectivity index (χ3v) is 6.97. The first-order chi connectivity index (χ1) is 16.1. The molecule has 4 rings (SSSR count). The van der Waals surface area contributed by atoms with E-state index < -0.39 is 10.0 Å². The Morgan fingerprint density at radius 1 is 1.09 bits per heavy atom. The van der Waals surface area contributed by atoms with Crippen molar-refractivity contribution in [1.82, 2.24) is 9.78 Å². The van der Waals surface area contributed by atoms with Gasteiger partial charge in [0.25, 0.3) is 10.0 Å². The van der Waals surface area contributed by atoms with Gasteiger partial charge < -0.3 is 10.1 Å². The molecule has 0 atom stereocenters. The van der Waals surface area contributed by atoms with Crippen LogP contribution in [0.25, 0.3) is 11.1 Å². The van der Waals surface area contributed by atoms with Gasteiger partial charge in [-0.1, -0.05) is 19.1 Å². The van der Waals surface area contributed by atoms with E-state index in [1.807, 2.05) is 26.8 Å². The van der Waals surface area contributed by atoms with E-state index in [1.165, 1.54) is 17.9 Å². The zero-order valence-corrected chi connectivity index (χ0v) is 20.2. The van der Waals surface area contributed by atoms with Gasteiger partial charge in [-0.2, -0.15) is 9.78 Å². The van der Waals surface area contributed by atoms with Crippen LogP contribution in [0.2, 0.25) is 0 Å². The number of hydrogen-bond donors (Lipinski definition) is 2. The Balaban J connectivity index is 1.86. The van der Waals surface area contributed by atoms with Gasteiger partial charge in [0, 0.05) is 24.1 Å². The molecule has 0 aliphatic carbocycles. The van der Waals surface area contributed by atoms with E-state index in [0.29, 0.717) is 28.9 Å². The lowest BCUT2D eigenvalue weighted by atomic mass is 10.0. The van der Waals surface area contributed by atoms with Crippen molar-refractivity contribution in [2.75, 3.05) is 17.1 Å². The first-order valence-corrected chi connectivity index (χ1v) is 12.4. The number of nitrogens with one attached hydrogen (secondary N) is 2. The number of benzene rings is 2. The first-order valence-electron chi connectivity index (χ1n) is 10.9. The number of carbonyl (C=O) groups is 2. The van der Waals surface area contributed by atoms with Gasteiger partial charge in [-0.15, -0.1) is 0 Å². The third-order valence-electron chi connectivity index (χ3n) is 5.57. The minimum atomic E-state index is -4.03. The molecule has 1 aliphatic heterocycles. The molecule has 1 amide bonds. The molecular weight excluding hydrogens is 456 g/mol. The van der Waals surface area contributed by atoms with Crippen LogP contribution in [0, 0.1) is 13.8 Å². The molecule has 0 unspecified atom stereocenters. The number of aryl methyl sites for hydroxylation is 3. The maximum absolute atomic E-state index is 13.4. The van der Waals surface area contributed by atoms with Crippen LogP contribution in [-0.4, -0.2) is 37.1 Å². The fourth-order valence-corrected chi connectivity index (χ4v) is 5.35. The maximum Gasteiger partial charge on any atom is 0.265 e. The third kappa shape index (κ3) is 4.41. The minimum Gasteiger partial charge on any atom is -0.495 e. The fourth-order valence-electron chi connectivity index (χ4n) is 4.12. The molecule has 0 spiro atoms. The van der Waals surface area contributed by atoms with Crippen molar-refractivity contribution in [3.05, 3.63) is 53.2 Å². The molecule has 0 saturated heterocycles. The second-order valence-electron chi connectivity index (χ2n) is 8.23. The van der Waals surface area contributed by atoms with Crippen molar-refractivity contribution in [3.8, 4) is 16.9 Å². The summed E-state index contributed by atoms with van der Waals surface area (Å²) in [6, 6.07) is 10.2. The molecule has 10 heteroatoms. The van der Waals surface area contributed by atoms with Gasteiger partial charge in [0.05, 0.1) is 12.8 Å². The van der Waals surface area contributed by atoms with Gasteiger partial charge in [0.1, 0.15) is 16.5 Å². The van der Waals surface area contributed by atoms with E-state index in [-0.39, 0.29) is 41.1 Å². The maximum atomic E-state index is 13.4.